The number of aromatic nitrogens is 2. The fourth-order valence-corrected chi connectivity index (χ4v) is 1.32. The Balaban J connectivity index is 3.01. The maximum Gasteiger partial charge on any atom is 0.139 e. The van der Waals surface area contributed by atoms with Crippen molar-refractivity contribution in [2.24, 2.45) is 4.99 Å². The van der Waals surface area contributed by atoms with Crippen LogP contribution in [0.25, 0.3) is 5.57 Å². The molecular formula is C11H14FN3. The molecule has 0 aliphatic carbocycles. The van der Waals surface area contributed by atoms with Gasteiger partial charge in [0.2, 0.25) is 0 Å². The van der Waals surface area contributed by atoms with Gasteiger partial charge in [-0.1, -0.05) is 13.2 Å². The Labute approximate surface area is 88.4 Å². The SMILES string of the molecule is C=CN=CC(=C)c1n[nH]c(C(C)F)c1C. The van der Waals surface area contributed by atoms with Crippen molar-refractivity contribution in [2.75, 3.05) is 0 Å². The summed E-state index contributed by atoms with van der Waals surface area (Å²) < 4.78 is 13.1. The molecule has 1 atom stereocenters. The van der Waals surface area contributed by atoms with Crippen LogP contribution in [0.4, 0.5) is 4.39 Å². The largest absolute Gasteiger partial charge is 0.279 e. The number of nitrogens with one attached hydrogen (secondary N) is 1. The summed E-state index contributed by atoms with van der Waals surface area (Å²) in [5, 5.41) is 6.66. The number of hydrogen-bond donors (Lipinski definition) is 1. The lowest BCUT2D eigenvalue weighted by molar-refractivity contribution is 0.364. The first kappa shape index (κ1) is 11.4. The molecule has 1 heterocycles. The van der Waals surface area contributed by atoms with Gasteiger partial charge in [-0.2, -0.15) is 5.10 Å². The molecule has 4 heteroatoms. The molecule has 0 amide bonds. The molecule has 1 unspecified atom stereocenters. The summed E-state index contributed by atoms with van der Waals surface area (Å²) in [6.45, 7) is 10.5. The summed E-state index contributed by atoms with van der Waals surface area (Å²) in [7, 11) is 0. The van der Waals surface area contributed by atoms with E-state index in [2.05, 4.69) is 28.3 Å². The van der Waals surface area contributed by atoms with E-state index in [-0.39, 0.29) is 0 Å². The maximum absolute atomic E-state index is 13.1. The zero-order valence-corrected chi connectivity index (χ0v) is 8.92. The molecule has 3 nitrogen and oxygen atoms in total. The third-order valence-electron chi connectivity index (χ3n) is 2.09. The van der Waals surface area contributed by atoms with Crippen molar-refractivity contribution in [1.82, 2.24) is 10.2 Å². The minimum Gasteiger partial charge on any atom is -0.279 e. The van der Waals surface area contributed by atoms with Crippen molar-refractivity contribution in [1.29, 1.82) is 0 Å². The summed E-state index contributed by atoms with van der Waals surface area (Å²) in [6.07, 6.45) is 1.89. The molecule has 0 aliphatic rings. The Morgan fingerprint density at radius 3 is 2.80 bits per heavy atom. The molecule has 0 radical (unpaired) electrons. The van der Waals surface area contributed by atoms with Gasteiger partial charge in [0.05, 0.1) is 11.4 Å². The van der Waals surface area contributed by atoms with Crippen LogP contribution < -0.4 is 0 Å². The minimum atomic E-state index is -1.06. The summed E-state index contributed by atoms with van der Waals surface area (Å²) in [6, 6.07) is 0. The fraction of sp³-hybridized carbons (Fsp3) is 0.273. The molecule has 80 valence electrons. The number of H-pyrrole nitrogens is 1. The lowest BCUT2D eigenvalue weighted by atomic mass is 10.1. The molecule has 1 rings (SSSR count). The standard InChI is InChI=1S/C11H14FN3/c1-5-13-6-7(2)10-8(3)11(9(4)12)15-14-10/h5-6,9H,1-2H2,3-4H3,(H,14,15). The van der Waals surface area contributed by atoms with Crippen LogP contribution in [0.1, 0.15) is 30.0 Å². The average molecular weight is 207 g/mol. The van der Waals surface area contributed by atoms with E-state index in [1.54, 1.807) is 13.1 Å². The van der Waals surface area contributed by atoms with E-state index in [0.717, 1.165) is 5.56 Å². The number of allylic oxidation sites excluding steroid dienone is 1. The van der Waals surface area contributed by atoms with E-state index in [4.69, 9.17) is 0 Å². The number of rotatable bonds is 4. The first-order valence-electron chi connectivity index (χ1n) is 4.60. The van der Waals surface area contributed by atoms with Crippen LogP contribution in [-0.2, 0) is 0 Å². The highest BCUT2D eigenvalue weighted by atomic mass is 19.1. The highest BCUT2D eigenvalue weighted by Gasteiger charge is 2.14. The Bertz CT molecular complexity index is 402. The summed E-state index contributed by atoms with van der Waals surface area (Å²) >= 11 is 0. The normalized spacial score (nSPS) is 13.0. The fourth-order valence-electron chi connectivity index (χ4n) is 1.32. The van der Waals surface area contributed by atoms with Gasteiger partial charge in [-0.25, -0.2) is 4.39 Å². The molecule has 0 bridgehead atoms. The topological polar surface area (TPSA) is 41.0 Å². The van der Waals surface area contributed by atoms with Gasteiger partial charge in [-0.05, 0) is 13.8 Å². The first-order valence-corrected chi connectivity index (χ1v) is 4.60. The molecular weight excluding hydrogens is 193 g/mol. The summed E-state index contributed by atoms with van der Waals surface area (Å²) in [5.41, 5.74) is 2.53. The zero-order chi connectivity index (χ0) is 11.4. The number of nitrogens with zero attached hydrogens (tertiary/aromatic N) is 2. The van der Waals surface area contributed by atoms with E-state index in [1.165, 1.54) is 13.1 Å². The molecule has 1 aromatic rings. The van der Waals surface area contributed by atoms with Gasteiger partial charge in [-0.15, -0.1) is 0 Å². The number of aromatic amines is 1. The molecule has 15 heavy (non-hydrogen) atoms. The molecule has 0 saturated heterocycles. The number of aliphatic imine (C=N–C) groups is 1. The molecule has 0 spiro atoms. The molecule has 0 aromatic carbocycles. The van der Waals surface area contributed by atoms with Crippen LogP contribution in [0.15, 0.2) is 24.4 Å². The lowest BCUT2D eigenvalue weighted by Gasteiger charge is -1.99. The Morgan fingerprint density at radius 2 is 2.33 bits per heavy atom. The highest BCUT2D eigenvalue weighted by Crippen LogP contribution is 2.23. The summed E-state index contributed by atoms with van der Waals surface area (Å²) in [5.74, 6) is 0. The predicted octanol–water partition coefficient (Wildman–Crippen LogP) is 2.98. The number of alkyl halides is 1. The smallest absolute Gasteiger partial charge is 0.139 e. The Morgan fingerprint density at radius 1 is 1.67 bits per heavy atom. The van der Waals surface area contributed by atoms with Crippen LogP contribution in [-0.4, -0.2) is 16.4 Å². The molecule has 0 aliphatic heterocycles. The highest BCUT2D eigenvalue weighted by molar-refractivity contribution is 6.08. The number of halogens is 1. The van der Waals surface area contributed by atoms with Crippen molar-refractivity contribution in [2.45, 2.75) is 20.0 Å². The molecule has 1 N–H and O–H groups in total. The van der Waals surface area contributed by atoms with Crippen LogP contribution in [0.3, 0.4) is 0 Å². The maximum atomic E-state index is 13.1. The molecule has 1 aromatic heterocycles. The van der Waals surface area contributed by atoms with Gasteiger partial charge in [0, 0.05) is 23.6 Å². The third-order valence-corrected chi connectivity index (χ3v) is 2.09. The predicted molar refractivity (Wildman–Crippen MR) is 60.6 cm³/mol. The van der Waals surface area contributed by atoms with Crippen molar-refractivity contribution in [3.05, 3.63) is 36.3 Å². The average Bonchev–Trinajstić information content (AvgIpc) is 2.56. The van der Waals surface area contributed by atoms with Gasteiger partial charge in [0.1, 0.15) is 6.17 Å². The van der Waals surface area contributed by atoms with Gasteiger partial charge in [0.15, 0.2) is 0 Å². The van der Waals surface area contributed by atoms with Crippen LogP contribution >= 0.6 is 0 Å². The van der Waals surface area contributed by atoms with Gasteiger partial charge < -0.3 is 0 Å². The van der Waals surface area contributed by atoms with Gasteiger partial charge in [-0.3, -0.25) is 10.1 Å². The van der Waals surface area contributed by atoms with Crippen molar-refractivity contribution in [3.8, 4) is 0 Å². The Kier molecular flexibility index (Phi) is 3.55. The lowest BCUT2D eigenvalue weighted by Crippen LogP contribution is -1.90. The second-order valence-electron chi connectivity index (χ2n) is 3.21. The quantitative estimate of drug-likeness (QED) is 0.757. The van der Waals surface area contributed by atoms with Crippen LogP contribution in [0.2, 0.25) is 0 Å². The van der Waals surface area contributed by atoms with E-state index < -0.39 is 6.17 Å². The van der Waals surface area contributed by atoms with E-state index >= 15 is 0 Å². The molecule has 0 saturated carbocycles. The zero-order valence-electron chi connectivity index (χ0n) is 8.92. The van der Waals surface area contributed by atoms with Crippen molar-refractivity contribution >= 4 is 11.8 Å². The van der Waals surface area contributed by atoms with E-state index in [1.807, 2.05) is 0 Å². The van der Waals surface area contributed by atoms with Crippen LogP contribution in [0.5, 0.6) is 0 Å². The van der Waals surface area contributed by atoms with Gasteiger partial charge in [0.25, 0.3) is 0 Å². The minimum absolute atomic E-state index is 0.484. The van der Waals surface area contributed by atoms with Gasteiger partial charge >= 0.3 is 0 Å². The second-order valence-corrected chi connectivity index (χ2v) is 3.21. The van der Waals surface area contributed by atoms with E-state index in [9.17, 15) is 4.39 Å². The summed E-state index contributed by atoms with van der Waals surface area (Å²) in [4.78, 5) is 3.84. The first-order chi connectivity index (χ1) is 7.07. The van der Waals surface area contributed by atoms with Crippen LogP contribution in [0, 0.1) is 6.92 Å². The number of hydrogen-bond acceptors (Lipinski definition) is 2. The second kappa shape index (κ2) is 4.68. The third kappa shape index (κ3) is 2.40. The van der Waals surface area contributed by atoms with Crippen molar-refractivity contribution < 1.29 is 4.39 Å². The molecule has 0 fully saturated rings. The monoisotopic (exact) mass is 207 g/mol. The Hall–Kier alpha value is -1.71. The van der Waals surface area contributed by atoms with Crippen molar-refractivity contribution in [3.63, 3.8) is 0 Å². The van der Waals surface area contributed by atoms with E-state index in [0.29, 0.717) is 17.0 Å².